The lowest BCUT2D eigenvalue weighted by Gasteiger charge is -2.11. The Morgan fingerprint density at radius 1 is 1.07 bits per heavy atom. The number of nitrogens with zero attached hydrogens (tertiary/aromatic N) is 1. The van der Waals surface area contributed by atoms with Gasteiger partial charge in [0.25, 0.3) is 0 Å². The van der Waals surface area contributed by atoms with Crippen LogP contribution in [-0.4, -0.2) is 12.1 Å². The fourth-order valence-corrected chi connectivity index (χ4v) is 2.97. The number of hydrogen-bond acceptors (Lipinski definition) is 3. The Morgan fingerprint density at radius 2 is 1.83 bits per heavy atom. The number of halogens is 4. The Labute approximate surface area is 182 Å². The monoisotopic (exact) mass is 448 g/mol. The number of carbonyl (C=O) groups is 1. The Balaban J connectivity index is 1.65. The second-order valence-corrected chi connectivity index (χ2v) is 7.11. The first kappa shape index (κ1) is 21.7. The van der Waals surface area contributed by atoms with Crippen LogP contribution in [0.4, 0.5) is 8.78 Å². The number of amides is 1. The van der Waals surface area contributed by atoms with E-state index in [2.05, 4.69) is 10.5 Å². The van der Waals surface area contributed by atoms with Crippen LogP contribution in [0.15, 0.2) is 65.8 Å². The predicted octanol–water partition coefficient (Wildman–Crippen LogP) is 5.54. The molecular formula is C22H16Cl2F2N2O2. The van der Waals surface area contributed by atoms with Crippen LogP contribution in [-0.2, 0) is 17.8 Å². The molecule has 1 N–H and O–H groups in total. The van der Waals surface area contributed by atoms with Crippen LogP contribution in [0.1, 0.15) is 16.7 Å². The molecule has 154 valence electrons. The minimum Gasteiger partial charge on any atom is -0.488 e. The van der Waals surface area contributed by atoms with Crippen molar-refractivity contribution >= 4 is 35.3 Å². The summed E-state index contributed by atoms with van der Waals surface area (Å²) in [6.45, 7) is -0.0924. The molecule has 0 aromatic heterocycles. The van der Waals surface area contributed by atoms with Gasteiger partial charge in [0.15, 0.2) is 0 Å². The first-order valence-electron chi connectivity index (χ1n) is 8.84. The molecule has 1 amide bonds. The molecular weight excluding hydrogens is 433 g/mol. The SMILES string of the molecule is O=C(Cc1ccc(F)cc1)N/N=C\c1cc(Cl)ccc1OCc1c(F)cccc1Cl. The smallest absolute Gasteiger partial charge is 0.244 e. The topological polar surface area (TPSA) is 50.7 Å². The number of carbonyl (C=O) groups excluding carboxylic acids is 1. The van der Waals surface area contributed by atoms with E-state index in [4.69, 9.17) is 27.9 Å². The molecule has 30 heavy (non-hydrogen) atoms. The number of rotatable bonds is 7. The maximum atomic E-state index is 13.9. The van der Waals surface area contributed by atoms with Gasteiger partial charge in [0.2, 0.25) is 5.91 Å². The predicted molar refractivity (Wildman–Crippen MR) is 113 cm³/mol. The van der Waals surface area contributed by atoms with Crippen molar-refractivity contribution < 1.29 is 18.3 Å². The van der Waals surface area contributed by atoms with Gasteiger partial charge in [0, 0.05) is 16.1 Å². The zero-order valence-electron chi connectivity index (χ0n) is 15.5. The molecule has 0 saturated heterocycles. The second-order valence-electron chi connectivity index (χ2n) is 6.27. The normalized spacial score (nSPS) is 10.9. The summed E-state index contributed by atoms with van der Waals surface area (Å²) in [5, 5.41) is 4.60. The summed E-state index contributed by atoms with van der Waals surface area (Å²) in [5.41, 5.74) is 3.75. The zero-order chi connectivity index (χ0) is 21.5. The van der Waals surface area contributed by atoms with E-state index in [1.807, 2.05) is 0 Å². The maximum absolute atomic E-state index is 13.9. The van der Waals surface area contributed by atoms with Crippen LogP contribution in [0.3, 0.4) is 0 Å². The molecule has 3 aromatic rings. The van der Waals surface area contributed by atoms with E-state index >= 15 is 0 Å². The molecule has 0 fully saturated rings. The number of nitrogens with one attached hydrogen (secondary N) is 1. The summed E-state index contributed by atoms with van der Waals surface area (Å²) in [4.78, 5) is 12.0. The number of benzene rings is 3. The van der Waals surface area contributed by atoms with Gasteiger partial charge in [0.05, 0.1) is 17.7 Å². The van der Waals surface area contributed by atoms with E-state index in [9.17, 15) is 13.6 Å². The Morgan fingerprint density at radius 3 is 2.57 bits per heavy atom. The lowest BCUT2D eigenvalue weighted by molar-refractivity contribution is -0.120. The lowest BCUT2D eigenvalue weighted by Crippen LogP contribution is -2.19. The zero-order valence-corrected chi connectivity index (χ0v) is 17.1. The number of ether oxygens (including phenoxy) is 1. The quantitative estimate of drug-likeness (QED) is 0.380. The van der Waals surface area contributed by atoms with Crippen molar-refractivity contribution in [3.05, 3.63) is 99.0 Å². The highest BCUT2D eigenvalue weighted by Gasteiger charge is 2.10. The van der Waals surface area contributed by atoms with Gasteiger partial charge >= 0.3 is 0 Å². The molecule has 3 aromatic carbocycles. The van der Waals surface area contributed by atoms with Crippen LogP contribution in [0.5, 0.6) is 5.75 Å². The minimum atomic E-state index is -0.472. The van der Waals surface area contributed by atoms with Crippen molar-refractivity contribution in [3.8, 4) is 5.75 Å². The largest absolute Gasteiger partial charge is 0.488 e. The number of hydrazone groups is 1. The van der Waals surface area contributed by atoms with Gasteiger partial charge in [-0.15, -0.1) is 0 Å². The fraction of sp³-hybridized carbons (Fsp3) is 0.0909. The molecule has 0 aliphatic heterocycles. The van der Waals surface area contributed by atoms with Crippen LogP contribution in [0.25, 0.3) is 0 Å². The average Bonchev–Trinajstić information content (AvgIpc) is 2.71. The Kier molecular flexibility index (Phi) is 7.38. The second kappa shape index (κ2) is 10.2. The molecule has 0 heterocycles. The van der Waals surface area contributed by atoms with Crippen molar-refractivity contribution in [2.45, 2.75) is 13.0 Å². The standard InChI is InChI=1S/C22H16Cl2F2N2O2/c23-16-6-9-21(30-13-18-19(24)2-1-3-20(18)26)15(11-16)12-27-28-22(29)10-14-4-7-17(25)8-5-14/h1-9,11-12H,10,13H2,(H,28,29)/b27-12-. The van der Waals surface area contributed by atoms with E-state index in [0.29, 0.717) is 21.9 Å². The van der Waals surface area contributed by atoms with Crippen molar-refractivity contribution in [1.29, 1.82) is 0 Å². The molecule has 0 spiro atoms. The number of hydrogen-bond donors (Lipinski definition) is 1. The van der Waals surface area contributed by atoms with Gasteiger partial charge in [-0.3, -0.25) is 4.79 Å². The molecule has 0 aliphatic carbocycles. The first-order valence-corrected chi connectivity index (χ1v) is 9.59. The summed E-state index contributed by atoms with van der Waals surface area (Å²) >= 11 is 12.0. The highest BCUT2D eigenvalue weighted by atomic mass is 35.5. The Hall–Kier alpha value is -2.96. The van der Waals surface area contributed by atoms with Crippen molar-refractivity contribution in [1.82, 2.24) is 5.43 Å². The summed E-state index contributed by atoms with van der Waals surface area (Å²) < 4.78 is 32.5. The molecule has 0 unspecified atom stereocenters. The molecule has 4 nitrogen and oxygen atoms in total. The third kappa shape index (κ3) is 6.02. The molecule has 0 radical (unpaired) electrons. The minimum absolute atomic E-state index is 0.0440. The molecule has 8 heteroatoms. The van der Waals surface area contributed by atoms with Gasteiger partial charge in [0.1, 0.15) is 24.0 Å². The lowest BCUT2D eigenvalue weighted by atomic mass is 10.1. The average molecular weight is 449 g/mol. The summed E-state index contributed by atoms with van der Waals surface area (Å²) in [6.07, 6.45) is 1.41. The summed E-state index contributed by atoms with van der Waals surface area (Å²) in [5.74, 6) is -0.835. The maximum Gasteiger partial charge on any atom is 0.244 e. The van der Waals surface area contributed by atoms with Gasteiger partial charge in [-0.25, -0.2) is 14.2 Å². The molecule has 0 saturated carbocycles. The van der Waals surface area contributed by atoms with Crippen LogP contribution in [0, 0.1) is 11.6 Å². The van der Waals surface area contributed by atoms with E-state index in [1.165, 1.54) is 42.6 Å². The summed E-state index contributed by atoms with van der Waals surface area (Å²) in [6, 6.07) is 14.8. The summed E-state index contributed by atoms with van der Waals surface area (Å²) in [7, 11) is 0. The third-order valence-electron chi connectivity index (χ3n) is 4.08. The van der Waals surface area contributed by atoms with Crippen LogP contribution < -0.4 is 10.2 Å². The molecule has 0 aliphatic rings. The van der Waals surface area contributed by atoms with Crippen molar-refractivity contribution in [2.75, 3.05) is 0 Å². The van der Waals surface area contributed by atoms with Gasteiger partial charge in [-0.1, -0.05) is 41.4 Å². The van der Waals surface area contributed by atoms with Gasteiger partial charge in [-0.2, -0.15) is 5.10 Å². The highest BCUT2D eigenvalue weighted by Crippen LogP contribution is 2.25. The molecule has 0 atom stereocenters. The van der Waals surface area contributed by atoms with Gasteiger partial charge in [-0.05, 0) is 48.0 Å². The van der Waals surface area contributed by atoms with E-state index in [1.54, 1.807) is 24.3 Å². The first-order chi connectivity index (χ1) is 14.4. The van der Waals surface area contributed by atoms with E-state index < -0.39 is 5.82 Å². The van der Waals surface area contributed by atoms with Crippen LogP contribution >= 0.6 is 23.2 Å². The third-order valence-corrected chi connectivity index (χ3v) is 4.67. The highest BCUT2D eigenvalue weighted by molar-refractivity contribution is 6.31. The van der Waals surface area contributed by atoms with Crippen molar-refractivity contribution in [3.63, 3.8) is 0 Å². The Bertz CT molecular complexity index is 1050. The van der Waals surface area contributed by atoms with E-state index in [-0.39, 0.29) is 35.3 Å². The molecule has 0 bridgehead atoms. The molecule has 3 rings (SSSR count). The fourth-order valence-electron chi connectivity index (χ4n) is 2.57. The van der Waals surface area contributed by atoms with E-state index in [0.717, 1.165) is 0 Å². The van der Waals surface area contributed by atoms with Gasteiger partial charge < -0.3 is 4.74 Å². The van der Waals surface area contributed by atoms with Crippen LogP contribution in [0.2, 0.25) is 10.0 Å². The van der Waals surface area contributed by atoms with Crippen molar-refractivity contribution in [2.24, 2.45) is 5.10 Å².